The van der Waals surface area contributed by atoms with Gasteiger partial charge < -0.3 is 10.1 Å². The van der Waals surface area contributed by atoms with E-state index in [1.807, 2.05) is 31.2 Å². The highest BCUT2D eigenvalue weighted by atomic mass is 16.5. The zero-order chi connectivity index (χ0) is 13.9. The molecule has 0 aromatic heterocycles. The number of amides is 1. The highest BCUT2D eigenvalue weighted by Gasteiger charge is 2.40. The number of hydrogen-bond donors (Lipinski definition) is 1. The smallest absolute Gasteiger partial charge is 0.224 e. The first-order chi connectivity index (χ1) is 9.76. The van der Waals surface area contributed by atoms with Gasteiger partial charge in [0.1, 0.15) is 5.75 Å². The molecular formula is C17H23NO2. The predicted molar refractivity (Wildman–Crippen MR) is 79.8 cm³/mol. The van der Waals surface area contributed by atoms with Gasteiger partial charge in [0.05, 0.1) is 12.3 Å². The van der Waals surface area contributed by atoms with E-state index in [4.69, 9.17) is 4.74 Å². The summed E-state index contributed by atoms with van der Waals surface area (Å²) < 4.78 is 5.54. The molecule has 3 atom stereocenters. The van der Waals surface area contributed by atoms with Gasteiger partial charge in [0, 0.05) is 6.42 Å². The van der Waals surface area contributed by atoms with E-state index < -0.39 is 0 Å². The molecule has 0 saturated heterocycles. The zero-order valence-electron chi connectivity index (χ0n) is 12.1. The summed E-state index contributed by atoms with van der Waals surface area (Å²) in [5, 5.41) is 3.02. The molecule has 1 aromatic rings. The Kier molecular flexibility index (Phi) is 3.95. The van der Waals surface area contributed by atoms with Crippen LogP contribution in [0.15, 0.2) is 24.3 Å². The van der Waals surface area contributed by atoms with Crippen LogP contribution in [0.2, 0.25) is 0 Å². The number of para-hydroxylation sites is 2. The summed E-state index contributed by atoms with van der Waals surface area (Å²) in [6.07, 6.45) is 5.99. The average molecular weight is 273 g/mol. The summed E-state index contributed by atoms with van der Waals surface area (Å²) in [4.78, 5) is 12.2. The lowest BCUT2D eigenvalue weighted by Gasteiger charge is -2.21. The van der Waals surface area contributed by atoms with E-state index >= 15 is 0 Å². The van der Waals surface area contributed by atoms with Crippen molar-refractivity contribution in [3.05, 3.63) is 24.3 Å². The molecule has 2 aliphatic rings. The molecule has 3 heteroatoms. The van der Waals surface area contributed by atoms with E-state index in [-0.39, 0.29) is 5.91 Å². The first kappa shape index (κ1) is 13.5. The van der Waals surface area contributed by atoms with E-state index in [2.05, 4.69) is 5.32 Å². The summed E-state index contributed by atoms with van der Waals surface area (Å²) in [6.45, 7) is 2.56. The van der Waals surface area contributed by atoms with Crippen molar-refractivity contribution in [3.63, 3.8) is 0 Å². The fraction of sp³-hybridized carbons (Fsp3) is 0.588. The second-order valence-electron chi connectivity index (χ2n) is 6.12. The molecule has 20 heavy (non-hydrogen) atoms. The third kappa shape index (κ3) is 2.82. The van der Waals surface area contributed by atoms with Gasteiger partial charge in [0.25, 0.3) is 0 Å². The number of carbonyl (C=O) groups excluding carboxylic acids is 1. The van der Waals surface area contributed by atoms with Crippen molar-refractivity contribution in [3.8, 4) is 5.75 Å². The molecule has 0 heterocycles. The van der Waals surface area contributed by atoms with Crippen LogP contribution in [0, 0.1) is 17.8 Å². The second-order valence-corrected chi connectivity index (χ2v) is 6.12. The molecule has 2 aliphatic carbocycles. The Balaban J connectivity index is 1.59. The molecule has 108 valence electrons. The Bertz CT molecular complexity index is 486. The molecule has 2 fully saturated rings. The Morgan fingerprint density at radius 3 is 2.85 bits per heavy atom. The number of nitrogens with one attached hydrogen (secondary N) is 1. The second kappa shape index (κ2) is 5.86. The molecule has 3 unspecified atom stereocenters. The van der Waals surface area contributed by atoms with Gasteiger partial charge >= 0.3 is 0 Å². The van der Waals surface area contributed by atoms with E-state index in [1.54, 1.807) is 0 Å². The first-order valence-corrected chi connectivity index (χ1v) is 7.78. The van der Waals surface area contributed by atoms with Gasteiger partial charge in [-0.3, -0.25) is 4.79 Å². The lowest BCUT2D eigenvalue weighted by molar-refractivity contribution is -0.117. The number of fused-ring (bicyclic) bond motifs is 2. The quantitative estimate of drug-likeness (QED) is 0.885. The summed E-state index contributed by atoms with van der Waals surface area (Å²) in [5.41, 5.74) is 0.794. The lowest BCUT2D eigenvalue weighted by Crippen LogP contribution is -2.20. The zero-order valence-corrected chi connectivity index (χ0v) is 12.1. The first-order valence-electron chi connectivity index (χ1n) is 7.78. The van der Waals surface area contributed by atoms with Gasteiger partial charge in [0.15, 0.2) is 0 Å². The Labute approximate surface area is 120 Å². The van der Waals surface area contributed by atoms with E-state index in [9.17, 15) is 4.79 Å². The van der Waals surface area contributed by atoms with Crippen molar-refractivity contribution in [2.75, 3.05) is 11.9 Å². The standard InChI is InChI=1S/C17H23NO2/c1-2-20-16-6-4-3-5-15(16)18-17(19)11-14-10-12-7-8-13(14)9-12/h3-6,12-14H,2,7-11H2,1H3,(H,18,19). The van der Waals surface area contributed by atoms with Crippen molar-refractivity contribution in [2.45, 2.75) is 39.0 Å². The Morgan fingerprint density at radius 1 is 1.30 bits per heavy atom. The largest absolute Gasteiger partial charge is 0.492 e. The van der Waals surface area contributed by atoms with Crippen LogP contribution in [0.4, 0.5) is 5.69 Å². The minimum absolute atomic E-state index is 0.134. The molecule has 0 aliphatic heterocycles. The molecule has 1 aromatic carbocycles. The molecule has 0 radical (unpaired) electrons. The fourth-order valence-corrected chi connectivity index (χ4v) is 3.92. The molecular weight excluding hydrogens is 250 g/mol. The van der Waals surface area contributed by atoms with Crippen molar-refractivity contribution in [1.82, 2.24) is 0 Å². The molecule has 0 spiro atoms. The molecule has 3 rings (SSSR count). The third-order valence-electron chi connectivity index (χ3n) is 4.79. The average Bonchev–Trinajstić information content (AvgIpc) is 3.03. The number of benzene rings is 1. The van der Waals surface area contributed by atoms with Crippen molar-refractivity contribution in [1.29, 1.82) is 0 Å². The molecule has 1 N–H and O–H groups in total. The predicted octanol–water partition coefficient (Wildman–Crippen LogP) is 3.85. The number of rotatable bonds is 5. The van der Waals surface area contributed by atoms with Crippen LogP contribution in [0.5, 0.6) is 5.75 Å². The van der Waals surface area contributed by atoms with Crippen LogP contribution < -0.4 is 10.1 Å². The van der Waals surface area contributed by atoms with Crippen molar-refractivity contribution < 1.29 is 9.53 Å². The highest BCUT2D eigenvalue weighted by molar-refractivity contribution is 5.92. The minimum atomic E-state index is 0.134. The van der Waals surface area contributed by atoms with Crippen molar-refractivity contribution in [2.24, 2.45) is 17.8 Å². The van der Waals surface area contributed by atoms with Crippen LogP contribution in [0.1, 0.15) is 39.0 Å². The van der Waals surface area contributed by atoms with E-state index in [0.717, 1.165) is 23.3 Å². The third-order valence-corrected chi connectivity index (χ3v) is 4.79. The molecule has 1 amide bonds. The minimum Gasteiger partial charge on any atom is -0.492 e. The van der Waals surface area contributed by atoms with E-state index in [1.165, 1.54) is 25.7 Å². The van der Waals surface area contributed by atoms with Crippen LogP contribution in [-0.2, 0) is 4.79 Å². The topological polar surface area (TPSA) is 38.3 Å². The van der Waals surface area contributed by atoms with Gasteiger partial charge in [-0.2, -0.15) is 0 Å². The monoisotopic (exact) mass is 273 g/mol. The highest BCUT2D eigenvalue weighted by Crippen LogP contribution is 2.49. The maximum Gasteiger partial charge on any atom is 0.224 e. The summed E-state index contributed by atoms with van der Waals surface area (Å²) >= 11 is 0. The lowest BCUT2D eigenvalue weighted by atomic mass is 9.86. The number of anilines is 1. The van der Waals surface area contributed by atoms with Gasteiger partial charge in [-0.05, 0) is 56.1 Å². The number of carbonyl (C=O) groups is 1. The van der Waals surface area contributed by atoms with E-state index in [0.29, 0.717) is 18.9 Å². The van der Waals surface area contributed by atoms with Gasteiger partial charge in [-0.1, -0.05) is 18.6 Å². The number of hydrogen-bond acceptors (Lipinski definition) is 2. The molecule has 3 nitrogen and oxygen atoms in total. The summed E-state index contributed by atoms with van der Waals surface area (Å²) in [5.74, 6) is 3.19. The normalized spacial score (nSPS) is 27.6. The van der Waals surface area contributed by atoms with Gasteiger partial charge in [-0.15, -0.1) is 0 Å². The maximum absolute atomic E-state index is 12.2. The van der Waals surface area contributed by atoms with Crippen LogP contribution in [0.3, 0.4) is 0 Å². The molecule has 2 bridgehead atoms. The maximum atomic E-state index is 12.2. The van der Waals surface area contributed by atoms with Gasteiger partial charge in [-0.25, -0.2) is 0 Å². The molecule has 2 saturated carbocycles. The number of ether oxygens (including phenoxy) is 1. The Hall–Kier alpha value is -1.51. The van der Waals surface area contributed by atoms with Gasteiger partial charge in [0.2, 0.25) is 5.91 Å². The van der Waals surface area contributed by atoms with Crippen molar-refractivity contribution >= 4 is 11.6 Å². The van der Waals surface area contributed by atoms with Crippen LogP contribution in [0.25, 0.3) is 0 Å². The fourth-order valence-electron chi connectivity index (χ4n) is 3.92. The van der Waals surface area contributed by atoms with Crippen LogP contribution in [-0.4, -0.2) is 12.5 Å². The summed E-state index contributed by atoms with van der Waals surface area (Å²) in [6, 6.07) is 7.66. The summed E-state index contributed by atoms with van der Waals surface area (Å²) in [7, 11) is 0. The Morgan fingerprint density at radius 2 is 2.15 bits per heavy atom. The van der Waals surface area contributed by atoms with Crippen LogP contribution >= 0.6 is 0 Å². The SMILES string of the molecule is CCOc1ccccc1NC(=O)CC1CC2CCC1C2.